The van der Waals surface area contributed by atoms with Crippen molar-refractivity contribution in [3.63, 3.8) is 0 Å². The standard InChI is InChI=1S/C14H14FIN2/c1-2-12(14-8-7-10(15)9-17-14)18-13-6-4-3-5-11(13)16/h3-9,12,18H,2H2,1H3. The molecular weight excluding hydrogens is 342 g/mol. The van der Waals surface area contributed by atoms with Crippen LogP contribution in [0.25, 0.3) is 0 Å². The fourth-order valence-corrected chi connectivity index (χ4v) is 2.29. The van der Waals surface area contributed by atoms with E-state index < -0.39 is 0 Å². The van der Waals surface area contributed by atoms with Gasteiger partial charge in [-0.05, 0) is 53.3 Å². The van der Waals surface area contributed by atoms with Crippen LogP contribution in [0.2, 0.25) is 0 Å². The summed E-state index contributed by atoms with van der Waals surface area (Å²) in [5, 5.41) is 3.44. The Morgan fingerprint density at radius 1 is 1.28 bits per heavy atom. The molecule has 1 heterocycles. The van der Waals surface area contributed by atoms with E-state index in [9.17, 15) is 4.39 Å². The number of para-hydroxylation sites is 1. The zero-order valence-corrected chi connectivity index (χ0v) is 12.2. The normalized spacial score (nSPS) is 12.2. The molecule has 1 N–H and O–H groups in total. The number of anilines is 1. The van der Waals surface area contributed by atoms with Gasteiger partial charge in [-0.1, -0.05) is 19.1 Å². The van der Waals surface area contributed by atoms with E-state index in [0.29, 0.717) is 0 Å². The maximum Gasteiger partial charge on any atom is 0.141 e. The van der Waals surface area contributed by atoms with Crippen LogP contribution in [-0.2, 0) is 0 Å². The first-order valence-corrected chi connectivity index (χ1v) is 6.91. The molecule has 18 heavy (non-hydrogen) atoms. The molecule has 1 aromatic carbocycles. The monoisotopic (exact) mass is 356 g/mol. The lowest BCUT2D eigenvalue weighted by Crippen LogP contribution is -2.12. The van der Waals surface area contributed by atoms with Crippen LogP contribution in [0.4, 0.5) is 10.1 Å². The third kappa shape index (κ3) is 3.19. The van der Waals surface area contributed by atoms with Crippen LogP contribution < -0.4 is 5.32 Å². The van der Waals surface area contributed by atoms with Gasteiger partial charge in [0.05, 0.1) is 17.9 Å². The second kappa shape index (κ2) is 6.13. The highest BCUT2D eigenvalue weighted by Crippen LogP contribution is 2.24. The largest absolute Gasteiger partial charge is 0.376 e. The van der Waals surface area contributed by atoms with Gasteiger partial charge in [-0.15, -0.1) is 0 Å². The van der Waals surface area contributed by atoms with Crippen LogP contribution in [0.15, 0.2) is 42.6 Å². The summed E-state index contributed by atoms with van der Waals surface area (Å²) in [5.41, 5.74) is 1.94. The zero-order valence-electron chi connectivity index (χ0n) is 10.0. The average Bonchev–Trinajstić information content (AvgIpc) is 2.39. The average molecular weight is 356 g/mol. The van der Waals surface area contributed by atoms with E-state index in [1.165, 1.54) is 12.3 Å². The number of nitrogens with one attached hydrogen (secondary N) is 1. The first kappa shape index (κ1) is 13.3. The Morgan fingerprint density at radius 2 is 2.06 bits per heavy atom. The Kier molecular flexibility index (Phi) is 4.52. The predicted molar refractivity (Wildman–Crippen MR) is 80.0 cm³/mol. The quantitative estimate of drug-likeness (QED) is 0.822. The fraction of sp³-hybridized carbons (Fsp3) is 0.214. The number of halogens is 2. The number of hydrogen-bond donors (Lipinski definition) is 1. The van der Waals surface area contributed by atoms with E-state index in [0.717, 1.165) is 21.4 Å². The number of hydrogen-bond acceptors (Lipinski definition) is 2. The van der Waals surface area contributed by atoms with Crippen molar-refractivity contribution in [3.05, 3.63) is 57.7 Å². The van der Waals surface area contributed by atoms with Gasteiger partial charge < -0.3 is 5.32 Å². The molecular formula is C14H14FIN2. The van der Waals surface area contributed by atoms with E-state index in [1.54, 1.807) is 6.07 Å². The SMILES string of the molecule is CCC(Nc1ccccc1I)c1ccc(F)cn1. The molecule has 94 valence electrons. The molecule has 0 aliphatic carbocycles. The van der Waals surface area contributed by atoms with Gasteiger partial charge in [0.15, 0.2) is 0 Å². The number of nitrogens with zero attached hydrogens (tertiary/aromatic N) is 1. The van der Waals surface area contributed by atoms with Crippen molar-refractivity contribution in [2.75, 3.05) is 5.32 Å². The van der Waals surface area contributed by atoms with Crippen molar-refractivity contribution in [3.8, 4) is 0 Å². The van der Waals surface area contributed by atoms with Gasteiger partial charge in [0.1, 0.15) is 5.82 Å². The summed E-state index contributed by atoms with van der Waals surface area (Å²) in [6.07, 6.45) is 2.15. The Bertz CT molecular complexity index is 513. The lowest BCUT2D eigenvalue weighted by molar-refractivity contribution is 0.614. The molecule has 0 radical (unpaired) electrons. The molecule has 0 bridgehead atoms. The molecule has 0 spiro atoms. The van der Waals surface area contributed by atoms with Crippen molar-refractivity contribution < 1.29 is 4.39 Å². The predicted octanol–water partition coefficient (Wildman–Crippen LogP) is 4.39. The Hall–Kier alpha value is -1.17. The third-order valence-electron chi connectivity index (χ3n) is 2.72. The highest BCUT2D eigenvalue weighted by Gasteiger charge is 2.11. The summed E-state index contributed by atoms with van der Waals surface area (Å²) < 4.78 is 14.0. The molecule has 0 fully saturated rings. The third-order valence-corrected chi connectivity index (χ3v) is 3.66. The van der Waals surface area contributed by atoms with Gasteiger partial charge in [-0.25, -0.2) is 4.39 Å². The molecule has 2 aromatic rings. The zero-order chi connectivity index (χ0) is 13.0. The number of pyridine rings is 1. The minimum absolute atomic E-state index is 0.0986. The molecule has 0 aliphatic heterocycles. The van der Waals surface area contributed by atoms with E-state index in [2.05, 4.69) is 39.8 Å². The van der Waals surface area contributed by atoms with Crippen LogP contribution >= 0.6 is 22.6 Å². The lowest BCUT2D eigenvalue weighted by Gasteiger charge is -2.18. The van der Waals surface area contributed by atoms with E-state index >= 15 is 0 Å². The first-order chi connectivity index (χ1) is 8.70. The van der Waals surface area contributed by atoms with Crippen LogP contribution in [-0.4, -0.2) is 4.98 Å². The van der Waals surface area contributed by atoms with Gasteiger partial charge in [-0.2, -0.15) is 0 Å². The van der Waals surface area contributed by atoms with Crippen molar-refractivity contribution in [1.29, 1.82) is 0 Å². The van der Waals surface area contributed by atoms with Gasteiger partial charge in [0, 0.05) is 9.26 Å². The van der Waals surface area contributed by atoms with E-state index in [-0.39, 0.29) is 11.9 Å². The second-order valence-corrected chi connectivity index (χ2v) is 5.15. The molecule has 0 saturated heterocycles. The molecule has 0 amide bonds. The summed E-state index contributed by atoms with van der Waals surface area (Å²) in [6.45, 7) is 2.08. The molecule has 4 heteroatoms. The topological polar surface area (TPSA) is 24.9 Å². The van der Waals surface area contributed by atoms with Gasteiger partial charge in [0.2, 0.25) is 0 Å². The summed E-state index contributed by atoms with van der Waals surface area (Å²) in [7, 11) is 0. The Balaban J connectivity index is 2.20. The lowest BCUT2D eigenvalue weighted by atomic mass is 10.1. The van der Waals surface area contributed by atoms with E-state index in [4.69, 9.17) is 0 Å². The Morgan fingerprint density at radius 3 is 2.67 bits per heavy atom. The van der Waals surface area contributed by atoms with Crippen molar-refractivity contribution in [2.24, 2.45) is 0 Å². The number of benzene rings is 1. The first-order valence-electron chi connectivity index (χ1n) is 5.83. The van der Waals surface area contributed by atoms with Gasteiger partial charge >= 0.3 is 0 Å². The molecule has 2 nitrogen and oxygen atoms in total. The van der Waals surface area contributed by atoms with Crippen LogP contribution in [0, 0.1) is 9.39 Å². The molecule has 1 atom stereocenters. The number of aromatic nitrogens is 1. The fourth-order valence-electron chi connectivity index (χ4n) is 1.74. The molecule has 1 aromatic heterocycles. The molecule has 1 unspecified atom stereocenters. The molecule has 0 aliphatic rings. The highest BCUT2D eigenvalue weighted by atomic mass is 127. The second-order valence-electron chi connectivity index (χ2n) is 3.99. The van der Waals surface area contributed by atoms with Gasteiger partial charge in [0.25, 0.3) is 0 Å². The molecule has 2 rings (SSSR count). The Labute approximate surface area is 120 Å². The summed E-state index contributed by atoms with van der Waals surface area (Å²) in [4.78, 5) is 4.14. The smallest absolute Gasteiger partial charge is 0.141 e. The minimum atomic E-state index is -0.303. The summed E-state index contributed by atoms with van der Waals surface area (Å²) >= 11 is 2.29. The summed E-state index contributed by atoms with van der Waals surface area (Å²) in [5.74, 6) is -0.303. The van der Waals surface area contributed by atoms with Crippen molar-refractivity contribution >= 4 is 28.3 Å². The number of rotatable bonds is 4. The van der Waals surface area contributed by atoms with Crippen LogP contribution in [0.3, 0.4) is 0 Å². The summed E-state index contributed by atoms with van der Waals surface area (Å²) in [6, 6.07) is 11.4. The van der Waals surface area contributed by atoms with Crippen LogP contribution in [0.1, 0.15) is 25.1 Å². The molecule has 0 saturated carbocycles. The van der Waals surface area contributed by atoms with Crippen LogP contribution in [0.5, 0.6) is 0 Å². The maximum atomic E-state index is 12.9. The van der Waals surface area contributed by atoms with Crippen molar-refractivity contribution in [1.82, 2.24) is 4.98 Å². The van der Waals surface area contributed by atoms with Crippen molar-refractivity contribution in [2.45, 2.75) is 19.4 Å². The maximum absolute atomic E-state index is 12.9. The van der Waals surface area contributed by atoms with E-state index in [1.807, 2.05) is 24.3 Å². The highest BCUT2D eigenvalue weighted by molar-refractivity contribution is 14.1. The van der Waals surface area contributed by atoms with Gasteiger partial charge in [-0.3, -0.25) is 4.98 Å². The minimum Gasteiger partial charge on any atom is -0.376 e.